The van der Waals surface area contributed by atoms with Gasteiger partial charge in [-0.1, -0.05) is 26.0 Å². The predicted octanol–water partition coefficient (Wildman–Crippen LogP) is 3.08. The lowest BCUT2D eigenvalue weighted by molar-refractivity contribution is 0.284. The minimum absolute atomic E-state index is 0.381. The predicted molar refractivity (Wildman–Crippen MR) is 81.8 cm³/mol. The molecular formula is C16H28N2O. The van der Waals surface area contributed by atoms with E-state index in [1.165, 1.54) is 18.5 Å². The van der Waals surface area contributed by atoms with Crippen molar-refractivity contribution >= 4 is 0 Å². The summed E-state index contributed by atoms with van der Waals surface area (Å²) in [6.45, 7) is 11.1. The Morgan fingerprint density at radius 1 is 1.16 bits per heavy atom. The van der Waals surface area contributed by atoms with E-state index in [9.17, 15) is 0 Å². The molecule has 0 aliphatic carbocycles. The van der Waals surface area contributed by atoms with Crippen molar-refractivity contribution in [3.05, 3.63) is 29.8 Å². The first-order valence-corrected chi connectivity index (χ1v) is 7.30. The molecular weight excluding hydrogens is 236 g/mol. The zero-order valence-corrected chi connectivity index (χ0v) is 12.8. The van der Waals surface area contributed by atoms with Gasteiger partial charge in [-0.05, 0) is 44.1 Å². The maximum Gasteiger partial charge on any atom is 0.118 e. The molecule has 0 aliphatic heterocycles. The van der Waals surface area contributed by atoms with Crippen LogP contribution in [0.25, 0.3) is 0 Å². The van der Waals surface area contributed by atoms with Crippen molar-refractivity contribution in [1.29, 1.82) is 0 Å². The van der Waals surface area contributed by atoms with E-state index in [-0.39, 0.29) is 0 Å². The number of methoxy groups -OCH3 is 1. The average Bonchev–Trinajstić information content (AvgIpc) is 2.46. The first kappa shape index (κ1) is 16.0. The van der Waals surface area contributed by atoms with Crippen LogP contribution in [0, 0.1) is 0 Å². The van der Waals surface area contributed by atoms with E-state index in [0.29, 0.717) is 6.04 Å². The highest BCUT2D eigenvalue weighted by molar-refractivity contribution is 5.28. The molecule has 0 radical (unpaired) electrons. The third-order valence-electron chi connectivity index (χ3n) is 3.48. The van der Waals surface area contributed by atoms with Gasteiger partial charge in [-0.2, -0.15) is 0 Å². The van der Waals surface area contributed by atoms with Gasteiger partial charge in [0.15, 0.2) is 0 Å². The quantitative estimate of drug-likeness (QED) is 0.742. The highest BCUT2D eigenvalue weighted by atomic mass is 16.5. The second kappa shape index (κ2) is 8.94. The minimum Gasteiger partial charge on any atom is -0.497 e. The van der Waals surface area contributed by atoms with E-state index in [1.54, 1.807) is 7.11 Å². The van der Waals surface area contributed by atoms with Crippen LogP contribution in [0.2, 0.25) is 0 Å². The molecule has 0 fully saturated rings. The number of hydrogen-bond donors (Lipinski definition) is 1. The molecule has 3 heteroatoms. The van der Waals surface area contributed by atoms with Gasteiger partial charge in [0.05, 0.1) is 7.11 Å². The van der Waals surface area contributed by atoms with Crippen molar-refractivity contribution in [3.63, 3.8) is 0 Å². The van der Waals surface area contributed by atoms with Crippen LogP contribution in [0.15, 0.2) is 24.3 Å². The zero-order valence-electron chi connectivity index (χ0n) is 12.8. The van der Waals surface area contributed by atoms with Gasteiger partial charge in [-0.3, -0.25) is 0 Å². The molecule has 0 spiro atoms. The van der Waals surface area contributed by atoms with Gasteiger partial charge in [0.1, 0.15) is 5.75 Å². The van der Waals surface area contributed by atoms with Crippen molar-refractivity contribution in [2.45, 2.75) is 33.2 Å². The van der Waals surface area contributed by atoms with E-state index in [1.807, 2.05) is 12.1 Å². The number of nitrogens with one attached hydrogen (secondary N) is 1. The molecule has 0 amide bonds. The number of likely N-dealkylation sites (N-methyl/N-ethyl adjacent to an activating group) is 1. The highest BCUT2D eigenvalue weighted by Gasteiger charge is 2.06. The first-order chi connectivity index (χ1) is 9.21. The molecule has 0 bridgehead atoms. The maximum atomic E-state index is 5.18. The van der Waals surface area contributed by atoms with Crippen molar-refractivity contribution in [2.75, 3.05) is 33.3 Å². The summed E-state index contributed by atoms with van der Waals surface area (Å²) in [7, 11) is 1.70. The Morgan fingerprint density at radius 3 is 2.37 bits per heavy atom. The number of nitrogens with zero attached hydrogens (tertiary/aromatic N) is 1. The van der Waals surface area contributed by atoms with Crippen LogP contribution < -0.4 is 10.1 Å². The molecule has 108 valence electrons. The minimum atomic E-state index is 0.381. The molecule has 3 nitrogen and oxygen atoms in total. The molecule has 19 heavy (non-hydrogen) atoms. The molecule has 0 aromatic heterocycles. The smallest absolute Gasteiger partial charge is 0.118 e. The molecule has 0 heterocycles. The van der Waals surface area contributed by atoms with Gasteiger partial charge < -0.3 is 15.0 Å². The van der Waals surface area contributed by atoms with Crippen molar-refractivity contribution in [3.8, 4) is 5.75 Å². The lowest BCUT2D eigenvalue weighted by Crippen LogP contribution is -2.33. The fourth-order valence-electron chi connectivity index (χ4n) is 2.19. The summed E-state index contributed by atoms with van der Waals surface area (Å²) in [4.78, 5) is 2.48. The molecule has 0 saturated carbocycles. The monoisotopic (exact) mass is 264 g/mol. The van der Waals surface area contributed by atoms with Gasteiger partial charge in [-0.15, -0.1) is 0 Å². The molecule has 1 aromatic rings. The van der Waals surface area contributed by atoms with E-state index < -0.39 is 0 Å². The molecule has 0 saturated heterocycles. The van der Waals surface area contributed by atoms with Crippen LogP contribution in [0.5, 0.6) is 5.75 Å². The first-order valence-electron chi connectivity index (χ1n) is 7.30. The summed E-state index contributed by atoms with van der Waals surface area (Å²) < 4.78 is 5.18. The molecule has 1 aromatic carbocycles. The Bertz CT molecular complexity index is 337. The standard InChI is InChI=1S/C16H28N2O/c1-5-12-18(6-2)13-11-17-14(3)15-7-9-16(19-4)10-8-15/h7-10,14,17H,5-6,11-13H2,1-4H3. The van der Waals surface area contributed by atoms with Crippen LogP contribution in [0.4, 0.5) is 0 Å². The summed E-state index contributed by atoms with van der Waals surface area (Å²) in [5.41, 5.74) is 1.30. The maximum absolute atomic E-state index is 5.18. The number of hydrogen-bond acceptors (Lipinski definition) is 3. The summed E-state index contributed by atoms with van der Waals surface area (Å²) in [6.07, 6.45) is 1.22. The van der Waals surface area contributed by atoms with Crippen molar-refractivity contribution in [1.82, 2.24) is 10.2 Å². The van der Waals surface area contributed by atoms with Gasteiger partial charge in [0, 0.05) is 19.1 Å². The Morgan fingerprint density at radius 2 is 1.84 bits per heavy atom. The Kier molecular flexibility index (Phi) is 7.53. The van der Waals surface area contributed by atoms with Gasteiger partial charge in [-0.25, -0.2) is 0 Å². The molecule has 1 unspecified atom stereocenters. The number of benzene rings is 1. The van der Waals surface area contributed by atoms with Crippen LogP contribution in [-0.4, -0.2) is 38.2 Å². The third kappa shape index (κ3) is 5.62. The van der Waals surface area contributed by atoms with E-state index in [4.69, 9.17) is 4.74 Å². The fraction of sp³-hybridized carbons (Fsp3) is 0.625. The second-order valence-corrected chi connectivity index (χ2v) is 4.88. The van der Waals surface area contributed by atoms with E-state index in [0.717, 1.165) is 25.4 Å². The van der Waals surface area contributed by atoms with Gasteiger partial charge >= 0.3 is 0 Å². The number of ether oxygens (including phenoxy) is 1. The third-order valence-corrected chi connectivity index (χ3v) is 3.48. The Labute approximate surface area is 118 Å². The highest BCUT2D eigenvalue weighted by Crippen LogP contribution is 2.16. The summed E-state index contributed by atoms with van der Waals surface area (Å²) in [6, 6.07) is 8.66. The lowest BCUT2D eigenvalue weighted by atomic mass is 10.1. The number of rotatable bonds is 9. The molecule has 1 rings (SSSR count). The summed E-state index contributed by atoms with van der Waals surface area (Å²) in [5.74, 6) is 0.913. The van der Waals surface area contributed by atoms with Gasteiger partial charge in [0.25, 0.3) is 0 Å². The fourth-order valence-corrected chi connectivity index (χ4v) is 2.19. The van der Waals surface area contributed by atoms with Crippen LogP contribution in [0.3, 0.4) is 0 Å². The average molecular weight is 264 g/mol. The summed E-state index contributed by atoms with van der Waals surface area (Å²) >= 11 is 0. The zero-order chi connectivity index (χ0) is 14.1. The van der Waals surface area contributed by atoms with Crippen LogP contribution in [0.1, 0.15) is 38.8 Å². The van der Waals surface area contributed by atoms with Crippen LogP contribution in [-0.2, 0) is 0 Å². The molecule has 0 aliphatic rings. The molecule has 1 N–H and O–H groups in total. The van der Waals surface area contributed by atoms with Crippen LogP contribution >= 0.6 is 0 Å². The normalized spacial score (nSPS) is 12.7. The van der Waals surface area contributed by atoms with E-state index >= 15 is 0 Å². The summed E-state index contributed by atoms with van der Waals surface area (Å²) in [5, 5.41) is 3.58. The largest absolute Gasteiger partial charge is 0.497 e. The SMILES string of the molecule is CCCN(CC)CCNC(C)c1ccc(OC)cc1. The van der Waals surface area contributed by atoms with Gasteiger partial charge in [0.2, 0.25) is 0 Å². The van der Waals surface area contributed by atoms with Crippen molar-refractivity contribution < 1.29 is 4.74 Å². The second-order valence-electron chi connectivity index (χ2n) is 4.88. The van der Waals surface area contributed by atoms with Crippen molar-refractivity contribution in [2.24, 2.45) is 0 Å². The Balaban J connectivity index is 2.35. The Hall–Kier alpha value is -1.06. The lowest BCUT2D eigenvalue weighted by Gasteiger charge is -2.21. The molecule has 1 atom stereocenters. The van der Waals surface area contributed by atoms with E-state index in [2.05, 4.69) is 43.1 Å². The topological polar surface area (TPSA) is 24.5 Å².